The molecular formula is C27H42N2O12. The third-order valence-electron chi connectivity index (χ3n) is 5.46. The van der Waals surface area contributed by atoms with Crippen molar-refractivity contribution in [2.45, 2.75) is 26.4 Å². The Bertz CT molecular complexity index is 907. The molecule has 14 heteroatoms. The van der Waals surface area contributed by atoms with E-state index in [2.05, 4.69) is 10.2 Å². The third-order valence-corrected chi connectivity index (χ3v) is 5.46. The molecule has 1 amide bonds. The Morgan fingerprint density at radius 3 is 1.59 bits per heavy atom. The molecule has 1 aromatic rings. The van der Waals surface area contributed by atoms with Crippen molar-refractivity contribution in [3.63, 3.8) is 0 Å². The van der Waals surface area contributed by atoms with Crippen molar-refractivity contribution in [1.82, 2.24) is 10.2 Å². The monoisotopic (exact) mass is 586 g/mol. The lowest BCUT2D eigenvalue weighted by Gasteiger charge is -2.23. The molecule has 0 unspecified atom stereocenters. The number of benzene rings is 1. The van der Waals surface area contributed by atoms with E-state index in [4.69, 9.17) is 33.2 Å². The Kier molecular flexibility index (Phi) is 15.2. The predicted octanol–water partition coefficient (Wildman–Crippen LogP) is 1.75. The first-order valence-electron chi connectivity index (χ1n) is 13.5. The third kappa shape index (κ3) is 14.3. The van der Waals surface area contributed by atoms with Gasteiger partial charge in [0, 0.05) is 26.2 Å². The number of ether oxygens (including phenoxy) is 7. The molecule has 41 heavy (non-hydrogen) atoms. The van der Waals surface area contributed by atoms with Crippen LogP contribution >= 0.6 is 0 Å². The fourth-order valence-corrected chi connectivity index (χ4v) is 3.56. The normalized spacial score (nSPS) is 17.5. The van der Waals surface area contributed by atoms with Gasteiger partial charge in [-0.25, -0.2) is 14.4 Å². The summed E-state index contributed by atoms with van der Waals surface area (Å²) in [4.78, 5) is 37.2. The Balaban J connectivity index is 1.91. The molecule has 1 aliphatic heterocycles. The molecule has 0 fully saturated rings. The molecule has 0 spiro atoms. The van der Waals surface area contributed by atoms with Gasteiger partial charge in [-0.05, 0) is 32.9 Å². The lowest BCUT2D eigenvalue weighted by molar-refractivity contribution is 0.0182. The maximum Gasteiger partial charge on any atom is 0.407 e. The highest BCUT2D eigenvalue weighted by molar-refractivity contribution is 6.02. The van der Waals surface area contributed by atoms with Crippen LogP contribution in [0.3, 0.4) is 0 Å². The molecule has 14 nitrogen and oxygen atoms in total. The summed E-state index contributed by atoms with van der Waals surface area (Å²) in [5.74, 6) is -2.62. The first kappa shape index (κ1) is 34.0. The summed E-state index contributed by atoms with van der Waals surface area (Å²) in [7, 11) is 0. The smallest absolute Gasteiger partial charge is 0.407 e. The first-order chi connectivity index (χ1) is 19.6. The summed E-state index contributed by atoms with van der Waals surface area (Å²) in [5, 5.41) is 21.6. The molecule has 3 N–H and O–H groups in total. The Morgan fingerprint density at radius 2 is 1.17 bits per heavy atom. The maximum absolute atomic E-state index is 11.9. The van der Waals surface area contributed by atoms with Crippen LogP contribution < -0.4 is 14.8 Å². The molecule has 1 heterocycles. The van der Waals surface area contributed by atoms with E-state index in [0.29, 0.717) is 65.8 Å². The van der Waals surface area contributed by atoms with Crippen LogP contribution in [0, 0.1) is 0 Å². The van der Waals surface area contributed by atoms with Gasteiger partial charge in [0.1, 0.15) is 18.8 Å². The topological polar surface area (TPSA) is 172 Å². The first-order valence-corrected chi connectivity index (χ1v) is 13.5. The number of carboxylic acids is 2. The molecular weight excluding hydrogens is 544 g/mol. The van der Waals surface area contributed by atoms with E-state index in [-0.39, 0.29) is 37.9 Å². The van der Waals surface area contributed by atoms with Crippen molar-refractivity contribution in [1.29, 1.82) is 0 Å². The van der Waals surface area contributed by atoms with Crippen molar-refractivity contribution < 1.29 is 57.8 Å². The second-order valence-corrected chi connectivity index (χ2v) is 9.87. The van der Waals surface area contributed by atoms with Crippen LogP contribution in [0.1, 0.15) is 41.5 Å². The Hall–Kier alpha value is -3.17. The second-order valence-electron chi connectivity index (χ2n) is 9.87. The van der Waals surface area contributed by atoms with Gasteiger partial charge in [0.25, 0.3) is 0 Å². The van der Waals surface area contributed by atoms with Crippen molar-refractivity contribution in [3.05, 3.63) is 23.3 Å². The molecule has 232 valence electrons. The molecule has 1 aromatic carbocycles. The van der Waals surface area contributed by atoms with E-state index >= 15 is 0 Å². The Morgan fingerprint density at radius 1 is 0.756 bits per heavy atom. The van der Waals surface area contributed by atoms with Crippen molar-refractivity contribution in [2.24, 2.45) is 0 Å². The van der Waals surface area contributed by atoms with Gasteiger partial charge in [-0.1, -0.05) is 0 Å². The number of carbonyl (C=O) groups is 3. The molecule has 0 radical (unpaired) electrons. The molecule has 0 atom stereocenters. The Labute approximate surface area is 239 Å². The number of aromatic carboxylic acids is 2. The number of alkyl carbamates (subject to hydrolysis) is 1. The standard InChI is InChI=1S/C27H42N2O12/c1-27(2,3)41-26(34)28-4-5-29-6-8-35-10-12-37-14-16-39-22-18-20(24(30)31)21(25(32)33)19-23(22)40-17-15-38-13-11-36-9-7-29/h18-19H,4-17H2,1-3H3,(H,28,34)(H,30,31)(H,32,33). The number of hydrogen-bond acceptors (Lipinski definition) is 11. The fourth-order valence-electron chi connectivity index (χ4n) is 3.56. The zero-order valence-corrected chi connectivity index (χ0v) is 24.0. The van der Waals surface area contributed by atoms with Crippen molar-refractivity contribution in [3.8, 4) is 11.5 Å². The van der Waals surface area contributed by atoms with Crippen molar-refractivity contribution in [2.75, 3.05) is 92.2 Å². The van der Waals surface area contributed by atoms with Crippen molar-refractivity contribution >= 4 is 18.0 Å². The average Bonchev–Trinajstić information content (AvgIpc) is 2.89. The second kappa shape index (κ2) is 18.3. The average molecular weight is 587 g/mol. The van der Waals surface area contributed by atoms with Gasteiger partial charge in [-0.15, -0.1) is 0 Å². The summed E-state index contributed by atoms with van der Waals surface area (Å²) in [6, 6.07) is 2.26. The van der Waals surface area contributed by atoms with Gasteiger partial charge in [0.2, 0.25) is 0 Å². The van der Waals surface area contributed by atoms with Gasteiger partial charge >= 0.3 is 18.0 Å². The highest BCUT2D eigenvalue weighted by Crippen LogP contribution is 2.31. The number of carbonyl (C=O) groups excluding carboxylic acids is 1. The molecule has 2 rings (SSSR count). The summed E-state index contributed by atoms with van der Waals surface area (Å²) in [6.07, 6.45) is -0.469. The zero-order chi connectivity index (χ0) is 30.1. The van der Waals surface area contributed by atoms with Crippen LogP contribution in [0.5, 0.6) is 11.5 Å². The summed E-state index contributed by atoms with van der Waals surface area (Å²) >= 11 is 0. The summed E-state index contributed by atoms with van der Waals surface area (Å²) in [5.41, 5.74) is -1.39. The van der Waals surface area contributed by atoms with E-state index < -0.39 is 34.8 Å². The van der Waals surface area contributed by atoms with Crippen LogP contribution in [0.25, 0.3) is 0 Å². The SMILES string of the molecule is CC(C)(C)OC(=O)NCCN1CCOCCOCCOc2cc(C(=O)O)c(C(=O)O)cc2OCCOCCOCC1. The van der Waals surface area contributed by atoms with E-state index in [1.54, 1.807) is 20.8 Å². The largest absolute Gasteiger partial charge is 0.487 e. The van der Waals surface area contributed by atoms with E-state index in [0.717, 1.165) is 12.1 Å². The number of nitrogens with zero attached hydrogens (tertiary/aromatic N) is 1. The molecule has 0 aromatic heterocycles. The minimum Gasteiger partial charge on any atom is -0.487 e. The lowest BCUT2D eigenvalue weighted by Crippen LogP contribution is -2.40. The predicted molar refractivity (Wildman–Crippen MR) is 145 cm³/mol. The highest BCUT2D eigenvalue weighted by atomic mass is 16.6. The number of nitrogens with one attached hydrogen (secondary N) is 1. The summed E-state index contributed by atoms with van der Waals surface area (Å²) < 4.78 is 39.0. The number of amides is 1. The minimum atomic E-state index is -1.40. The highest BCUT2D eigenvalue weighted by Gasteiger charge is 2.21. The number of fused-ring (bicyclic) bond motifs is 1. The number of carboxylic acid groups (broad SMARTS) is 2. The lowest BCUT2D eigenvalue weighted by atomic mass is 10.1. The van der Waals surface area contributed by atoms with Gasteiger partial charge in [0.05, 0.1) is 64.0 Å². The van der Waals surface area contributed by atoms with Gasteiger partial charge in [-0.2, -0.15) is 0 Å². The zero-order valence-electron chi connectivity index (χ0n) is 24.0. The molecule has 0 aliphatic carbocycles. The van der Waals surface area contributed by atoms with Crippen LogP contribution in [-0.2, 0) is 23.7 Å². The molecule has 0 bridgehead atoms. The molecule has 0 saturated carbocycles. The molecule has 1 aliphatic rings. The van der Waals surface area contributed by atoms with Crippen LogP contribution in [0.15, 0.2) is 12.1 Å². The quantitative estimate of drug-likeness (QED) is 0.456. The van der Waals surface area contributed by atoms with E-state index in [1.807, 2.05) is 0 Å². The minimum absolute atomic E-state index is 0.0775. The van der Waals surface area contributed by atoms with Crippen LogP contribution in [0.4, 0.5) is 4.79 Å². The number of rotatable bonds is 5. The number of hydrogen-bond donors (Lipinski definition) is 3. The summed E-state index contributed by atoms with van der Waals surface area (Å²) in [6.45, 7) is 10.4. The van der Waals surface area contributed by atoms with E-state index in [1.165, 1.54) is 0 Å². The molecule has 0 saturated heterocycles. The van der Waals surface area contributed by atoms with E-state index in [9.17, 15) is 24.6 Å². The fraction of sp³-hybridized carbons (Fsp3) is 0.667. The van der Waals surface area contributed by atoms with Gasteiger partial charge in [0.15, 0.2) is 11.5 Å². The van der Waals surface area contributed by atoms with Gasteiger partial charge in [-0.3, -0.25) is 4.90 Å². The van der Waals surface area contributed by atoms with Crippen LogP contribution in [-0.4, -0.2) is 131 Å². The maximum atomic E-state index is 11.9. The van der Waals surface area contributed by atoms with Gasteiger partial charge < -0.3 is 48.7 Å². The van der Waals surface area contributed by atoms with Crippen LogP contribution in [0.2, 0.25) is 0 Å².